The third-order valence-electron chi connectivity index (χ3n) is 3.20. The molecule has 0 unspecified atom stereocenters. The molecule has 0 saturated carbocycles. The van der Waals surface area contributed by atoms with Crippen molar-refractivity contribution in [3.8, 4) is 0 Å². The fraction of sp³-hybridized carbons (Fsp3) is 0.375. The van der Waals surface area contributed by atoms with Crippen LogP contribution in [-0.2, 0) is 17.8 Å². The van der Waals surface area contributed by atoms with Crippen molar-refractivity contribution in [1.82, 2.24) is 9.88 Å². The number of amides is 1. The van der Waals surface area contributed by atoms with Crippen LogP contribution >= 0.6 is 11.3 Å². The lowest BCUT2D eigenvalue weighted by molar-refractivity contribution is -0.130. The molecule has 0 radical (unpaired) electrons. The molecular weight excluding hydrogens is 268 g/mol. The summed E-state index contributed by atoms with van der Waals surface area (Å²) in [5, 5.41) is 3.06. The molecule has 4 heteroatoms. The summed E-state index contributed by atoms with van der Waals surface area (Å²) in [6.07, 6.45) is 1.34. The molecule has 0 fully saturated rings. The fourth-order valence-electron chi connectivity index (χ4n) is 2.12. The van der Waals surface area contributed by atoms with Crippen LogP contribution in [0.4, 0.5) is 0 Å². The Hall–Kier alpha value is -1.68. The molecule has 0 N–H and O–H groups in total. The van der Waals surface area contributed by atoms with E-state index in [0.717, 1.165) is 17.1 Å². The van der Waals surface area contributed by atoms with E-state index in [1.807, 2.05) is 25.4 Å². The van der Waals surface area contributed by atoms with E-state index >= 15 is 0 Å². The standard InChI is InChI=1S/C16H20N2OS/c1-12-5-4-6-14(9-12)7-8-16(19)18(3)10-15-11-20-13(2)17-15/h4-6,9,11H,7-8,10H2,1-3H3. The molecule has 2 aromatic rings. The van der Waals surface area contributed by atoms with E-state index in [1.54, 1.807) is 16.2 Å². The third kappa shape index (κ3) is 4.17. The zero-order chi connectivity index (χ0) is 14.5. The second-order valence-electron chi connectivity index (χ2n) is 5.10. The van der Waals surface area contributed by atoms with Crippen molar-refractivity contribution in [3.05, 3.63) is 51.5 Å². The molecule has 20 heavy (non-hydrogen) atoms. The summed E-state index contributed by atoms with van der Waals surface area (Å²) in [7, 11) is 1.84. The maximum Gasteiger partial charge on any atom is 0.222 e. The summed E-state index contributed by atoms with van der Waals surface area (Å²) < 4.78 is 0. The number of hydrogen-bond donors (Lipinski definition) is 0. The van der Waals surface area contributed by atoms with Crippen molar-refractivity contribution in [2.45, 2.75) is 33.2 Å². The maximum absolute atomic E-state index is 12.1. The van der Waals surface area contributed by atoms with Crippen LogP contribution in [0.2, 0.25) is 0 Å². The predicted molar refractivity (Wildman–Crippen MR) is 82.8 cm³/mol. The van der Waals surface area contributed by atoms with E-state index in [2.05, 4.69) is 30.1 Å². The van der Waals surface area contributed by atoms with Crippen LogP contribution in [0.25, 0.3) is 0 Å². The van der Waals surface area contributed by atoms with Crippen molar-refractivity contribution in [1.29, 1.82) is 0 Å². The summed E-state index contributed by atoms with van der Waals surface area (Å²) in [6.45, 7) is 4.65. The maximum atomic E-state index is 12.1. The topological polar surface area (TPSA) is 33.2 Å². The monoisotopic (exact) mass is 288 g/mol. The van der Waals surface area contributed by atoms with Gasteiger partial charge in [-0.3, -0.25) is 4.79 Å². The number of aryl methyl sites for hydroxylation is 3. The average molecular weight is 288 g/mol. The molecular formula is C16H20N2OS. The molecule has 1 aromatic carbocycles. The van der Waals surface area contributed by atoms with Crippen molar-refractivity contribution >= 4 is 17.2 Å². The number of carbonyl (C=O) groups is 1. The van der Waals surface area contributed by atoms with Crippen molar-refractivity contribution < 1.29 is 4.79 Å². The molecule has 1 heterocycles. The Morgan fingerprint density at radius 3 is 2.80 bits per heavy atom. The quantitative estimate of drug-likeness (QED) is 0.845. The molecule has 3 nitrogen and oxygen atoms in total. The van der Waals surface area contributed by atoms with E-state index in [0.29, 0.717) is 13.0 Å². The van der Waals surface area contributed by atoms with Crippen LogP contribution in [0, 0.1) is 13.8 Å². The van der Waals surface area contributed by atoms with Crippen LogP contribution in [0.5, 0.6) is 0 Å². The van der Waals surface area contributed by atoms with E-state index in [4.69, 9.17) is 0 Å². The SMILES string of the molecule is Cc1cccc(CCC(=O)N(C)Cc2csc(C)n2)c1. The molecule has 0 aliphatic carbocycles. The normalized spacial score (nSPS) is 10.6. The Morgan fingerprint density at radius 2 is 2.15 bits per heavy atom. The number of hydrogen-bond acceptors (Lipinski definition) is 3. The van der Waals surface area contributed by atoms with Gasteiger partial charge in [-0.15, -0.1) is 11.3 Å². The molecule has 0 aliphatic heterocycles. The first-order valence-corrected chi connectivity index (χ1v) is 7.63. The van der Waals surface area contributed by atoms with Crippen LogP contribution in [0.3, 0.4) is 0 Å². The molecule has 0 atom stereocenters. The highest BCUT2D eigenvalue weighted by molar-refractivity contribution is 7.09. The summed E-state index contributed by atoms with van der Waals surface area (Å²) in [4.78, 5) is 18.3. The van der Waals surface area contributed by atoms with Crippen LogP contribution in [0.15, 0.2) is 29.6 Å². The molecule has 1 amide bonds. The zero-order valence-corrected chi connectivity index (χ0v) is 13.0. The Kier molecular flexibility index (Phi) is 4.90. The minimum absolute atomic E-state index is 0.164. The number of nitrogens with zero attached hydrogens (tertiary/aromatic N) is 2. The Balaban J connectivity index is 1.85. The van der Waals surface area contributed by atoms with Gasteiger partial charge >= 0.3 is 0 Å². The van der Waals surface area contributed by atoms with Gasteiger partial charge in [-0.2, -0.15) is 0 Å². The molecule has 0 aliphatic rings. The van der Waals surface area contributed by atoms with Gasteiger partial charge in [0.15, 0.2) is 0 Å². The molecule has 2 rings (SSSR count). The predicted octanol–water partition coefficient (Wildman–Crippen LogP) is 3.35. The highest BCUT2D eigenvalue weighted by atomic mass is 32.1. The van der Waals surface area contributed by atoms with Crippen molar-refractivity contribution in [2.24, 2.45) is 0 Å². The first kappa shape index (κ1) is 14.7. The van der Waals surface area contributed by atoms with Gasteiger partial charge in [-0.25, -0.2) is 4.98 Å². The number of rotatable bonds is 5. The summed E-state index contributed by atoms with van der Waals surface area (Å²) in [5.74, 6) is 0.164. The van der Waals surface area contributed by atoms with Gasteiger partial charge in [-0.1, -0.05) is 29.8 Å². The summed E-state index contributed by atoms with van der Waals surface area (Å²) in [5.41, 5.74) is 3.43. The van der Waals surface area contributed by atoms with E-state index in [-0.39, 0.29) is 5.91 Å². The minimum Gasteiger partial charge on any atom is -0.340 e. The van der Waals surface area contributed by atoms with Gasteiger partial charge in [0.25, 0.3) is 0 Å². The number of thiazole rings is 1. The lowest BCUT2D eigenvalue weighted by atomic mass is 10.1. The molecule has 0 bridgehead atoms. The first-order chi connectivity index (χ1) is 9.54. The smallest absolute Gasteiger partial charge is 0.222 e. The van der Waals surface area contributed by atoms with Crippen LogP contribution < -0.4 is 0 Å². The number of benzene rings is 1. The van der Waals surface area contributed by atoms with Crippen LogP contribution in [0.1, 0.15) is 28.2 Å². The highest BCUT2D eigenvalue weighted by Gasteiger charge is 2.11. The van der Waals surface area contributed by atoms with Gasteiger partial charge in [0.2, 0.25) is 5.91 Å². The third-order valence-corrected chi connectivity index (χ3v) is 4.02. The van der Waals surface area contributed by atoms with Crippen molar-refractivity contribution in [2.75, 3.05) is 7.05 Å². The van der Waals surface area contributed by atoms with Crippen molar-refractivity contribution in [3.63, 3.8) is 0 Å². The highest BCUT2D eigenvalue weighted by Crippen LogP contribution is 2.11. The number of aromatic nitrogens is 1. The Morgan fingerprint density at radius 1 is 1.35 bits per heavy atom. The number of carbonyl (C=O) groups excluding carboxylic acids is 1. The van der Waals surface area contributed by atoms with E-state index in [1.165, 1.54) is 11.1 Å². The molecule has 106 valence electrons. The van der Waals surface area contributed by atoms with Crippen LogP contribution in [-0.4, -0.2) is 22.8 Å². The average Bonchev–Trinajstić information content (AvgIpc) is 2.81. The van der Waals surface area contributed by atoms with Gasteiger partial charge in [-0.05, 0) is 25.8 Å². The van der Waals surface area contributed by atoms with E-state index in [9.17, 15) is 4.79 Å². The molecule has 0 saturated heterocycles. The Labute approximate surface area is 124 Å². The zero-order valence-electron chi connectivity index (χ0n) is 12.2. The second-order valence-corrected chi connectivity index (χ2v) is 6.16. The molecule has 1 aromatic heterocycles. The van der Waals surface area contributed by atoms with Gasteiger partial charge < -0.3 is 4.90 Å². The van der Waals surface area contributed by atoms with Gasteiger partial charge in [0.1, 0.15) is 0 Å². The summed E-state index contributed by atoms with van der Waals surface area (Å²) in [6, 6.07) is 8.32. The summed E-state index contributed by atoms with van der Waals surface area (Å²) >= 11 is 1.62. The minimum atomic E-state index is 0.164. The van der Waals surface area contributed by atoms with Gasteiger partial charge in [0.05, 0.1) is 17.2 Å². The lowest BCUT2D eigenvalue weighted by Gasteiger charge is -2.15. The Bertz CT molecular complexity index is 592. The van der Waals surface area contributed by atoms with Gasteiger partial charge in [0, 0.05) is 18.8 Å². The molecule has 0 spiro atoms. The fourth-order valence-corrected chi connectivity index (χ4v) is 2.73. The van der Waals surface area contributed by atoms with E-state index < -0.39 is 0 Å². The first-order valence-electron chi connectivity index (χ1n) is 6.75. The largest absolute Gasteiger partial charge is 0.340 e. The lowest BCUT2D eigenvalue weighted by Crippen LogP contribution is -2.26. The second kappa shape index (κ2) is 6.66.